The maximum absolute atomic E-state index is 13.3. The zero-order valence-electron chi connectivity index (χ0n) is 10.8. The molecular formula is C14H12F2N2OS. The molecule has 0 atom stereocenters. The Hall–Kier alpha value is -2.08. The van der Waals surface area contributed by atoms with Gasteiger partial charge in [0.2, 0.25) is 0 Å². The Kier molecular flexibility index (Phi) is 4.24. The van der Waals surface area contributed by atoms with Gasteiger partial charge in [-0.2, -0.15) is 0 Å². The number of hydrogen-bond acceptors (Lipinski definition) is 3. The second kappa shape index (κ2) is 5.92. The van der Waals surface area contributed by atoms with Gasteiger partial charge in [-0.3, -0.25) is 4.79 Å². The third kappa shape index (κ3) is 2.91. The number of benzene rings is 1. The number of amides is 1. The molecule has 0 aliphatic heterocycles. The molecule has 6 heteroatoms. The zero-order valence-corrected chi connectivity index (χ0v) is 11.6. The molecule has 0 aliphatic carbocycles. The van der Waals surface area contributed by atoms with Crippen LogP contribution in [-0.2, 0) is 11.3 Å². The fourth-order valence-corrected chi connectivity index (χ4v) is 2.27. The van der Waals surface area contributed by atoms with Crippen LogP contribution in [0.5, 0.6) is 0 Å². The first-order chi connectivity index (χ1) is 9.52. The average molecular weight is 294 g/mol. The van der Waals surface area contributed by atoms with Crippen molar-refractivity contribution < 1.29 is 13.6 Å². The molecular weight excluding hydrogens is 282 g/mol. The summed E-state index contributed by atoms with van der Waals surface area (Å²) in [4.78, 5) is 14.2. The van der Waals surface area contributed by atoms with Crippen LogP contribution in [0.3, 0.4) is 0 Å². The zero-order chi connectivity index (χ0) is 14.7. The van der Waals surface area contributed by atoms with Gasteiger partial charge in [0.25, 0.3) is 5.91 Å². The van der Waals surface area contributed by atoms with Crippen LogP contribution in [-0.4, -0.2) is 10.3 Å². The van der Waals surface area contributed by atoms with Gasteiger partial charge in [0.1, 0.15) is 0 Å². The summed E-state index contributed by atoms with van der Waals surface area (Å²) in [5.74, 6) is -2.33. The molecule has 1 heterocycles. The molecule has 1 aromatic carbocycles. The summed E-state index contributed by atoms with van der Waals surface area (Å²) >= 11 is 1.32. The van der Waals surface area contributed by atoms with Crippen LogP contribution >= 0.6 is 11.5 Å². The highest BCUT2D eigenvalue weighted by Gasteiger charge is 2.17. The molecule has 0 radical (unpaired) electrons. The lowest BCUT2D eigenvalue weighted by atomic mass is 10.2. The Balaban J connectivity index is 2.37. The lowest BCUT2D eigenvalue weighted by Gasteiger charge is -2.21. The van der Waals surface area contributed by atoms with Crippen LogP contribution < -0.4 is 4.90 Å². The Morgan fingerprint density at radius 3 is 2.75 bits per heavy atom. The van der Waals surface area contributed by atoms with Gasteiger partial charge in [0.05, 0.1) is 6.54 Å². The van der Waals surface area contributed by atoms with Gasteiger partial charge >= 0.3 is 0 Å². The summed E-state index contributed by atoms with van der Waals surface area (Å²) in [5, 5.41) is 0. The molecule has 0 bridgehead atoms. The third-order valence-electron chi connectivity index (χ3n) is 2.83. The van der Waals surface area contributed by atoms with Gasteiger partial charge < -0.3 is 4.90 Å². The largest absolute Gasteiger partial charge is 0.304 e. The lowest BCUT2D eigenvalue weighted by Crippen LogP contribution is -2.28. The van der Waals surface area contributed by atoms with Crippen molar-refractivity contribution in [1.82, 2.24) is 4.37 Å². The van der Waals surface area contributed by atoms with E-state index in [0.717, 1.165) is 28.6 Å². The molecule has 1 amide bonds. The van der Waals surface area contributed by atoms with Crippen molar-refractivity contribution in [2.45, 2.75) is 13.5 Å². The second-order valence-corrected chi connectivity index (χ2v) is 5.14. The standard InChI is InChI=1S/C14H12F2N2OS/c1-3-14(19)18(8-10-7-17-20-9(10)2)11-4-5-12(15)13(16)6-11/h3-7H,1,8H2,2H3. The fraction of sp³-hybridized carbons (Fsp3) is 0.143. The molecule has 2 aromatic rings. The van der Waals surface area contributed by atoms with Gasteiger partial charge in [0, 0.05) is 28.4 Å². The SMILES string of the molecule is C=CC(=O)N(Cc1cnsc1C)c1ccc(F)c(F)c1. The molecule has 0 aliphatic rings. The van der Waals surface area contributed by atoms with E-state index < -0.39 is 11.6 Å². The minimum atomic E-state index is -0.996. The number of aromatic nitrogens is 1. The van der Waals surface area contributed by atoms with Gasteiger partial charge in [-0.1, -0.05) is 6.58 Å². The van der Waals surface area contributed by atoms with Crippen molar-refractivity contribution in [3.63, 3.8) is 0 Å². The van der Waals surface area contributed by atoms with Crippen molar-refractivity contribution in [2.24, 2.45) is 0 Å². The number of carbonyl (C=O) groups is 1. The van der Waals surface area contributed by atoms with E-state index in [0.29, 0.717) is 0 Å². The van der Waals surface area contributed by atoms with E-state index in [9.17, 15) is 13.6 Å². The number of hydrogen-bond donors (Lipinski definition) is 0. The molecule has 0 saturated carbocycles. The first kappa shape index (κ1) is 14.3. The van der Waals surface area contributed by atoms with E-state index in [1.54, 1.807) is 6.20 Å². The number of carbonyl (C=O) groups excluding carboxylic acids is 1. The number of anilines is 1. The number of halogens is 2. The van der Waals surface area contributed by atoms with Crippen LogP contribution in [0.2, 0.25) is 0 Å². The highest BCUT2D eigenvalue weighted by Crippen LogP contribution is 2.22. The van der Waals surface area contributed by atoms with Gasteiger partial charge in [-0.05, 0) is 36.7 Å². The summed E-state index contributed by atoms with van der Waals surface area (Å²) in [7, 11) is 0. The smallest absolute Gasteiger partial charge is 0.250 e. The summed E-state index contributed by atoms with van der Waals surface area (Å²) in [6.45, 7) is 5.54. The molecule has 104 valence electrons. The van der Waals surface area contributed by atoms with Gasteiger partial charge in [-0.25, -0.2) is 13.2 Å². The maximum atomic E-state index is 13.3. The minimum Gasteiger partial charge on any atom is -0.304 e. The van der Waals surface area contributed by atoms with Crippen molar-refractivity contribution in [3.8, 4) is 0 Å². The van der Waals surface area contributed by atoms with Crippen LogP contribution in [0.1, 0.15) is 10.4 Å². The first-order valence-corrected chi connectivity index (χ1v) is 6.59. The highest BCUT2D eigenvalue weighted by atomic mass is 32.1. The Bertz CT molecular complexity index is 654. The van der Waals surface area contributed by atoms with Crippen LogP contribution in [0.25, 0.3) is 0 Å². The minimum absolute atomic E-state index is 0.234. The quantitative estimate of drug-likeness (QED) is 0.809. The molecule has 0 unspecified atom stereocenters. The normalized spacial score (nSPS) is 10.3. The average Bonchev–Trinajstić information content (AvgIpc) is 2.84. The molecule has 0 N–H and O–H groups in total. The maximum Gasteiger partial charge on any atom is 0.250 e. The van der Waals surface area contributed by atoms with E-state index in [1.807, 2.05) is 6.92 Å². The molecule has 20 heavy (non-hydrogen) atoms. The predicted molar refractivity (Wildman–Crippen MR) is 74.6 cm³/mol. The van der Waals surface area contributed by atoms with Crippen molar-refractivity contribution in [1.29, 1.82) is 0 Å². The van der Waals surface area contributed by atoms with E-state index in [4.69, 9.17) is 0 Å². The lowest BCUT2D eigenvalue weighted by molar-refractivity contribution is -0.114. The van der Waals surface area contributed by atoms with Crippen molar-refractivity contribution >= 4 is 23.1 Å². The van der Waals surface area contributed by atoms with Gasteiger partial charge in [0.15, 0.2) is 11.6 Å². The summed E-state index contributed by atoms with van der Waals surface area (Å²) in [6.07, 6.45) is 2.79. The fourth-order valence-electron chi connectivity index (χ4n) is 1.70. The summed E-state index contributed by atoms with van der Waals surface area (Å²) in [6, 6.07) is 3.34. The highest BCUT2D eigenvalue weighted by molar-refractivity contribution is 7.05. The second-order valence-electron chi connectivity index (χ2n) is 4.13. The molecule has 1 aromatic heterocycles. The van der Waals surface area contributed by atoms with Crippen LogP contribution in [0.15, 0.2) is 37.1 Å². The van der Waals surface area contributed by atoms with E-state index in [-0.39, 0.29) is 18.1 Å². The summed E-state index contributed by atoms with van der Waals surface area (Å²) in [5.41, 5.74) is 1.13. The third-order valence-corrected chi connectivity index (χ3v) is 3.58. The van der Waals surface area contributed by atoms with E-state index in [2.05, 4.69) is 11.0 Å². The topological polar surface area (TPSA) is 33.2 Å². The van der Waals surface area contributed by atoms with Crippen molar-refractivity contribution in [3.05, 3.63) is 59.1 Å². The Labute approximate surface area is 119 Å². The first-order valence-electron chi connectivity index (χ1n) is 5.82. The monoisotopic (exact) mass is 294 g/mol. The predicted octanol–water partition coefficient (Wildman–Crippen LogP) is 3.45. The molecule has 0 spiro atoms. The summed E-state index contributed by atoms with van der Waals surface area (Å²) < 4.78 is 30.3. The molecule has 0 fully saturated rings. The number of aryl methyl sites for hydroxylation is 1. The molecule has 3 nitrogen and oxygen atoms in total. The molecule has 0 saturated heterocycles. The molecule has 2 rings (SSSR count). The number of nitrogens with zero attached hydrogens (tertiary/aromatic N) is 2. The van der Waals surface area contributed by atoms with Crippen LogP contribution in [0.4, 0.5) is 14.5 Å². The van der Waals surface area contributed by atoms with Gasteiger partial charge in [-0.15, -0.1) is 0 Å². The number of rotatable bonds is 4. The Morgan fingerprint density at radius 1 is 1.45 bits per heavy atom. The Morgan fingerprint density at radius 2 is 2.20 bits per heavy atom. The van der Waals surface area contributed by atoms with E-state index >= 15 is 0 Å². The van der Waals surface area contributed by atoms with E-state index in [1.165, 1.54) is 22.5 Å². The van der Waals surface area contributed by atoms with Crippen LogP contribution in [0, 0.1) is 18.6 Å². The van der Waals surface area contributed by atoms with Crippen molar-refractivity contribution in [2.75, 3.05) is 4.90 Å².